The zero-order chi connectivity index (χ0) is 10.5. The van der Waals surface area contributed by atoms with Crippen LogP contribution in [-0.4, -0.2) is 12.6 Å². The molecule has 1 aliphatic rings. The van der Waals surface area contributed by atoms with Crippen molar-refractivity contribution < 1.29 is 0 Å². The van der Waals surface area contributed by atoms with E-state index in [1.165, 1.54) is 37.7 Å². The lowest BCUT2D eigenvalue weighted by molar-refractivity contribution is 0.222. The maximum Gasteiger partial charge on any atom is 0.00983 e. The Kier molecular flexibility index (Phi) is 4.21. The molecule has 1 atom stereocenters. The summed E-state index contributed by atoms with van der Waals surface area (Å²) in [5, 5.41) is 8.11. The molecular weight excluding hydrogens is 202 g/mol. The summed E-state index contributed by atoms with van der Waals surface area (Å²) in [5.41, 5.74) is 1.52. The average molecular weight is 223 g/mol. The largest absolute Gasteiger partial charge is 0.314 e. The van der Waals surface area contributed by atoms with Gasteiger partial charge in [0.2, 0.25) is 0 Å². The molecule has 0 spiro atoms. The fourth-order valence-electron chi connectivity index (χ4n) is 2.37. The molecule has 1 heterocycles. The Morgan fingerprint density at radius 1 is 1.53 bits per heavy atom. The van der Waals surface area contributed by atoms with E-state index >= 15 is 0 Å². The van der Waals surface area contributed by atoms with Crippen LogP contribution in [0.25, 0.3) is 0 Å². The van der Waals surface area contributed by atoms with Crippen molar-refractivity contribution in [2.75, 3.05) is 6.54 Å². The van der Waals surface area contributed by atoms with Crippen molar-refractivity contribution in [2.24, 2.45) is 5.92 Å². The summed E-state index contributed by atoms with van der Waals surface area (Å²) in [6.07, 6.45) is 6.90. The molecule has 1 nitrogen and oxygen atoms in total. The van der Waals surface area contributed by atoms with Crippen LogP contribution >= 0.6 is 11.3 Å². The SMILES string of the molecule is CCNC(CCc1ccsc1)C1CCC1. The van der Waals surface area contributed by atoms with Crippen LogP contribution in [0.3, 0.4) is 0 Å². The van der Waals surface area contributed by atoms with Gasteiger partial charge < -0.3 is 5.32 Å². The summed E-state index contributed by atoms with van der Waals surface area (Å²) in [6.45, 7) is 3.33. The Balaban J connectivity index is 1.78. The smallest absolute Gasteiger partial charge is 0.00983 e. The highest BCUT2D eigenvalue weighted by Crippen LogP contribution is 2.31. The second kappa shape index (κ2) is 5.66. The molecule has 0 amide bonds. The third-order valence-corrected chi connectivity index (χ3v) is 4.24. The van der Waals surface area contributed by atoms with Gasteiger partial charge in [0.1, 0.15) is 0 Å². The fourth-order valence-corrected chi connectivity index (χ4v) is 3.07. The highest BCUT2D eigenvalue weighted by atomic mass is 32.1. The van der Waals surface area contributed by atoms with Crippen LogP contribution in [-0.2, 0) is 6.42 Å². The molecule has 1 unspecified atom stereocenters. The first-order chi connectivity index (χ1) is 7.40. The Labute approximate surface area is 96.9 Å². The summed E-state index contributed by atoms with van der Waals surface area (Å²) in [4.78, 5) is 0. The average Bonchev–Trinajstić information content (AvgIpc) is 2.64. The van der Waals surface area contributed by atoms with E-state index in [2.05, 4.69) is 29.1 Å². The summed E-state index contributed by atoms with van der Waals surface area (Å²) in [5.74, 6) is 0.962. The molecule has 1 N–H and O–H groups in total. The molecule has 15 heavy (non-hydrogen) atoms. The van der Waals surface area contributed by atoms with Gasteiger partial charge in [-0.2, -0.15) is 11.3 Å². The lowest BCUT2D eigenvalue weighted by Gasteiger charge is -2.34. The van der Waals surface area contributed by atoms with Gasteiger partial charge in [-0.3, -0.25) is 0 Å². The van der Waals surface area contributed by atoms with E-state index in [9.17, 15) is 0 Å². The van der Waals surface area contributed by atoms with E-state index in [0.717, 1.165) is 18.5 Å². The van der Waals surface area contributed by atoms with E-state index in [-0.39, 0.29) is 0 Å². The summed E-state index contributed by atoms with van der Waals surface area (Å²) in [6, 6.07) is 3.03. The second-order valence-corrected chi connectivity index (χ2v) is 5.31. The number of hydrogen-bond acceptors (Lipinski definition) is 2. The van der Waals surface area contributed by atoms with Crippen LogP contribution < -0.4 is 5.32 Å². The number of rotatable bonds is 6. The van der Waals surface area contributed by atoms with Crippen molar-refractivity contribution in [1.29, 1.82) is 0 Å². The molecule has 2 rings (SSSR count). The number of aryl methyl sites for hydroxylation is 1. The van der Waals surface area contributed by atoms with Gasteiger partial charge in [0, 0.05) is 6.04 Å². The highest BCUT2D eigenvalue weighted by molar-refractivity contribution is 7.07. The Hall–Kier alpha value is -0.340. The van der Waals surface area contributed by atoms with Crippen LogP contribution in [0.5, 0.6) is 0 Å². The first kappa shape index (κ1) is 11.2. The van der Waals surface area contributed by atoms with E-state index in [4.69, 9.17) is 0 Å². The maximum atomic E-state index is 3.65. The molecular formula is C13H21NS. The third-order valence-electron chi connectivity index (χ3n) is 3.51. The van der Waals surface area contributed by atoms with Gasteiger partial charge in [0.15, 0.2) is 0 Å². The standard InChI is InChI=1S/C13H21NS/c1-2-14-13(12-4-3-5-12)7-6-11-8-9-15-10-11/h8-10,12-14H,2-7H2,1H3. The van der Waals surface area contributed by atoms with Crippen LogP contribution in [0.4, 0.5) is 0 Å². The van der Waals surface area contributed by atoms with Gasteiger partial charge in [-0.15, -0.1) is 0 Å². The minimum atomic E-state index is 0.767. The number of hydrogen-bond donors (Lipinski definition) is 1. The Bertz CT molecular complexity index is 264. The van der Waals surface area contributed by atoms with Crippen LogP contribution in [0.1, 0.15) is 38.2 Å². The molecule has 0 bridgehead atoms. The predicted octanol–water partition coefficient (Wildman–Crippen LogP) is 3.46. The van der Waals surface area contributed by atoms with Gasteiger partial charge in [0.25, 0.3) is 0 Å². The minimum absolute atomic E-state index is 0.767. The molecule has 0 aromatic carbocycles. The van der Waals surface area contributed by atoms with Crippen LogP contribution in [0.15, 0.2) is 16.8 Å². The first-order valence-electron chi connectivity index (χ1n) is 6.14. The highest BCUT2D eigenvalue weighted by Gasteiger charge is 2.25. The van der Waals surface area contributed by atoms with Crippen molar-refractivity contribution in [3.63, 3.8) is 0 Å². The monoisotopic (exact) mass is 223 g/mol. The molecule has 1 saturated carbocycles. The molecule has 2 heteroatoms. The van der Waals surface area contributed by atoms with Crippen molar-refractivity contribution in [3.05, 3.63) is 22.4 Å². The molecule has 1 fully saturated rings. The molecule has 0 radical (unpaired) electrons. The lowest BCUT2D eigenvalue weighted by atomic mass is 9.78. The zero-order valence-electron chi connectivity index (χ0n) is 9.54. The van der Waals surface area contributed by atoms with Gasteiger partial charge in [-0.25, -0.2) is 0 Å². The number of nitrogens with one attached hydrogen (secondary N) is 1. The Morgan fingerprint density at radius 3 is 2.93 bits per heavy atom. The maximum absolute atomic E-state index is 3.65. The molecule has 1 aromatic rings. The van der Waals surface area contributed by atoms with Gasteiger partial charge in [0.05, 0.1) is 0 Å². The number of thiophene rings is 1. The van der Waals surface area contributed by atoms with E-state index < -0.39 is 0 Å². The predicted molar refractivity (Wildman–Crippen MR) is 67.4 cm³/mol. The molecule has 0 aliphatic heterocycles. The van der Waals surface area contributed by atoms with Crippen LogP contribution in [0, 0.1) is 5.92 Å². The minimum Gasteiger partial charge on any atom is -0.314 e. The molecule has 1 aromatic heterocycles. The fraction of sp³-hybridized carbons (Fsp3) is 0.692. The zero-order valence-corrected chi connectivity index (χ0v) is 10.4. The topological polar surface area (TPSA) is 12.0 Å². The molecule has 1 aliphatic carbocycles. The van der Waals surface area contributed by atoms with Gasteiger partial charge in [-0.1, -0.05) is 13.3 Å². The van der Waals surface area contributed by atoms with Crippen molar-refractivity contribution in [1.82, 2.24) is 5.32 Å². The van der Waals surface area contributed by atoms with Gasteiger partial charge in [-0.05, 0) is 60.5 Å². The van der Waals surface area contributed by atoms with E-state index in [1.807, 2.05) is 11.3 Å². The van der Waals surface area contributed by atoms with Crippen LogP contribution in [0.2, 0.25) is 0 Å². The second-order valence-electron chi connectivity index (χ2n) is 4.53. The summed E-state index contributed by atoms with van der Waals surface area (Å²) >= 11 is 1.81. The quantitative estimate of drug-likeness (QED) is 0.779. The van der Waals surface area contributed by atoms with Gasteiger partial charge >= 0.3 is 0 Å². The Morgan fingerprint density at radius 2 is 2.40 bits per heavy atom. The van der Waals surface area contributed by atoms with Crippen molar-refractivity contribution in [2.45, 2.75) is 45.1 Å². The summed E-state index contributed by atoms with van der Waals surface area (Å²) < 4.78 is 0. The van der Waals surface area contributed by atoms with E-state index in [0.29, 0.717) is 0 Å². The molecule has 0 saturated heterocycles. The normalized spacial score (nSPS) is 18.7. The van der Waals surface area contributed by atoms with Crippen molar-refractivity contribution in [3.8, 4) is 0 Å². The first-order valence-corrected chi connectivity index (χ1v) is 7.09. The van der Waals surface area contributed by atoms with Crippen molar-refractivity contribution >= 4 is 11.3 Å². The summed E-state index contributed by atoms with van der Waals surface area (Å²) in [7, 11) is 0. The third kappa shape index (κ3) is 3.05. The molecule has 84 valence electrons. The van der Waals surface area contributed by atoms with E-state index in [1.54, 1.807) is 0 Å². The lowest BCUT2D eigenvalue weighted by Crippen LogP contribution is -2.39.